The predicted octanol–water partition coefficient (Wildman–Crippen LogP) is 4.55. The van der Waals surface area contributed by atoms with Gasteiger partial charge in [0.25, 0.3) is 0 Å². The molecule has 0 N–H and O–H groups in total. The number of allylic oxidation sites excluding steroid dienone is 3. The zero-order valence-corrected chi connectivity index (χ0v) is 10.8. The standard InChI is InChI=1S/C17H20O/c18-17-14-7-2-1-6-12-16(17)13-8-11-15-9-4-3-5-10-15/h3-5,8-11,13H,1-2,6-7,12,14H2/b11-8+,16-13-. The monoisotopic (exact) mass is 240 g/mol. The van der Waals surface area contributed by atoms with Crippen LogP contribution in [0.25, 0.3) is 6.08 Å². The molecule has 0 heterocycles. The van der Waals surface area contributed by atoms with E-state index in [-0.39, 0.29) is 0 Å². The Hall–Kier alpha value is -1.63. The van der Waals surface area contributed by atoms with E-state index in [1.54, 1.807) is 0 Å². The van der Waals surface area contributed by atoms with Gasteiger partial charge in [-0.25, -0.2) is 0 Å². The second-order valence-corrected chi connectivity index (χ2v) is 4.80. The quantitative estimate of drug-likeness (QED) is 0.693. The van der Waals surface area contributed by atoms with Crippen LogP contribution in [0.3, 0.4) is 0 Å². The summed E-state index contributed by atoms with van der Waals surface area (Å²) < 4.78 is 0. The van der Waals surface area contributed by atoms with Crippen molar-refractivity contribution < 1.29 is 4.79 Å². The van der Waals surface area contributed by atoms with Crippen molar-refractivity contribution in [2.45, 2.75) is 38.5 Å². The topological polar surface area (TPSA) is 17.1 Å². The number of hydrogen-bond acceptors (Lipinski definition) is 1. The molecular formula is C17H20O. The molecule has 1 fully saturated rings. The molecule has 94 valence electrons. The lowest BCUT2D eigenvalue weighted by Gasteiger charge is -2.10. The largest absolute Gasteiger partial charge is 0.295 e. The van der Waals surface area contributed by atoms with Gasteiger partial charge in [-0.1, -0.05) is 61.4 Å². The smallest absolute Gasteiger partial charge is 0.158 e. The van der Waals surface area contributed by atoms with Crippen LogP contribution in [-0.2, 0) is 4.79 Å². The summed E-state index contributed by atoms with van der Waals surface area (Å²) in [6.07, 6.45) is 12.4. The highest BCUT2D eigenvalue weighted by Gasteiger charge is 2.10. The van der Waals surface area contributed by atoms with Crippen LogP contribution in [0.15, 0.2) is 48.1 Å². The Morgan fingerprint density at radius 2 is 1.61 bits per heavy atom. The molecule has 1 nitrogen and oxygen atoms in total. The van der Waals surface area contributed by atoms with Crippen LogP contribution >= 0.6 is 0 Å². The summed E-state index contributed by atoms with van der Waals surface area (Å²) in [5, 5.41) is 0. The SMILES string of the molecule is O=C1CCCCCC/C1=C/C=C/c1ccccc1. The van der Waals surface area contributed by atoms with E-state index >= 15 is 0 Å². The lowest BCUT2D eigenvalue weighted by molar-refractivity contribution is -0.116. The fourth-order valence-electron chi connectivity index (χ4n) is 2.27. The molecule has 0 amide bonds. The molecule has 1 heteroatoms. The van der Waals surface area contributed by atoms with Gasteiger partial charge in [-0.15, -0.1) is 0 Å². The number of carbonyl (C=O) groups is 1. The first-order chi connectivity index (χ1) is 8.86. The first-order valence-corrected chi connectivity index (χ1v) is 6.82. The van der Waals surface area contributed by atoms with Crippen molar-refractivity contribution >= 4 is 11.9 Å². The third-order valence-electron chi connectivity index (χ3n) is 3.34. The van der Waals surface area contributed by atoms with Gasteiger partial charge >= 0.3 is 0 Å². The molecule has 0 saturated heterocycles. The fraction of sp³-hybridized carbons (Fsp3) is 0.353. The van der Waals surface area contributed by atoms with E-state index < -0.39 is 0 Å². The van der Waals surface area contributed by atoms with Crippen LogP contribution in [0.4, 0.5) is 0 Å². The maximum Gasteiger partial charge on any atom is 0.158 e. The molecular weight excluding hydrogens is 220 g/mol. The minimum Gasteiger partial charge on any atom is -0.295 e. The van der Waals surface area contributed by atoms with Crippen LogP contribution in [0.5, 0.6) is 0 Å². The van der Waals surface area contributed by atoms with Gasteiger partial charge in [-0.3, -0.25) is 4.79 Å². The van der Waals surface area contributed by atoms with Crippen molar-refractivity contribution in [2.24, 2.45) is 0 Å². The van der Waals surface area contributed by atoms with Crippen molar-refractivity contribution in [1.29, 1.82) is 0 Å². The van der Waals surface area contributed by atoms with E-state index in [4.69, 9.17) is 0 Å². The van der Waals surface area contributed by atoms with E-state index in [2.05, 4.69) is 18.2 Å². The van der Waals surface area contributed by atoms with Crippen molar-refractivity contribution in [3.8, 4) is 0 Å². The van der Waals surface area contributed by atoms with Gasteiger partial charge in [0.05, 0.1) is 0 Å². The molecule has 1 aromatic rings. The van der Waals surface area contributed by atoms with Gasteiger partial charge in [0.1, 0.15) is 0 Å². The molecule has 0 aromatic heterocycles. The Labute approximate surface area is 109 Å². The average molecular weight is 240 g/mol. The number of Topliss-reactive ketones (excluding diaryl/α,β-unsaturated/α-hetero) is 1. The average Bonchev–Trinajstić information content (AvgIpc) is 2.39. The molecule has 2 rings (SSSR count). The van der Waals surface area contributed by atoms with Gasteiger partial charge in [-0.05, 0) is 30.4 Å². The first-order valence-electron chi connectivity index (χ1n) is 6.82. The molecule has 18 heavy (non-hydrogen) atoms. The number of benzene rings is 1. The maximum atomic E-state index is 11.9. The molecule has 0 atom stereocenters. The fourth-order valence-corrected chi connectivity index (χ4v) is 2.27. The Balaban J connectivity index is 2.02. The Morgan fingerprint density at radius 3 is 2.39 bits per heavy atom. The molecule has 1 saturated carbocycles. The highest BCUT2D eigenvalue weighted by Crippen LogP contribution is 2.19. The van der Waals surface area contributed by atoms with E-state index in [0.717, 1.165) is 31.3 Å². The molecule has 1 aliphatic carbocycles. The molecule has 1 aliphatic rings. The summed E-state index contributed by atoms with van der Waals surface area (Å²) in [5.41, 5.74) is 2.18. The third-order valence-corrected chi connectivity index (χ3v) is 3.34. The molecule has 0 spiro atoms. The highest BCUT2D eigenvalue weighted by molar-refractivity contribution is 5.95. The summed E-state index contributed by atoms with van der Waals surface area (Å²) in [7, 11) is 0. The molecule has 0 unspecified atom stereocenters. The lowest BCUT2D eigenvalue weighted by Crippen LogP contribution is -2.05. The minimum absolute atomic E-state index is 0.340. The summed E-state index contributed by atoms with van der Waals surface area (Å²) >= 11 is 0. The lowest BCUT2D eigenvalue weighted by atomic mass is 9.95. The van der Waals surface area contributed by atoms with E-state index in [9.17, 15) is 4.79 Å². The van der Waals surface area contributed by atoms with Crippen LogP contribution in [0.1, 0.15) is 44.1 Å². The van der Waals surface area contributed by atoms with Gasteiger partial charge in [0.2, 0.25) is 0 Å². The first kappa shape index (κ1) is 12.8. The van der Waals surface area contributed by atoms with Crippen LogP contribution < -0.4 is 0 Å². The maximum absolute atomic E-state index is 11.9. The van der Waals surface area contributed by atoms with Crippen molar-refractivity contribution in [2.75, 3.05) is 0 Å². The third kappa shape index (κ3) is 3.99. The summed E-state index contributed by atoms with van der Waals surface area (Å²) in [6, 6.07) is 10.2. The summed E-state index contributed by atoms with van der Waals surface area (Å²) in [4.78, 5) is 11.9. The highest BCUT2D eigenvalue weighted by atomic mass is 16.1. The molecule has 0 bridgehead atoms. The second kappa shape index (κ2) is 6.95. The number of hydrogen-bond donors (Lipinski definition) is 0. The normalized spacial score (nSPS) is 20.0. The zero-order valence-electron chi connectivity index (χ0n) is 10.8. The molecule has 1 aromatic carbocycles. The summed E-state index contributed by atoms with van der Waals surface area (Å²) in [6.45, 7) is 0. The number of carbonyl (C=O) groups excluding carboxylic acids is 1. The van der Waals surface area contributed by atoms with Gasteiger partial charge in [0, 0.05) is 6.42 Å². The number of ketones is 1. The van der Waals surface area contributed by atoms with Gasteiger partial charge in [0.15, 0.2) is 5.78 Å². The predicted molar refractivity (Wildman–Crippen MR) is 76.3 cm³/mol. The van der Waals surface area contributed by atoms with Crippen molar-refractivity contribution in [3.63, 3.8) is 0 Å². The van der Waals surface area contributed by atoms with Crippen molar-refractivity contribution in [1.82, 2.24) is 0 Å². The van der Waals surface area contributed by atoms with Gasteiger partial charge < -0.3 is 0 Å². The van der Waals surface area contributed by atoms with E-state index in [1.807, 2.05) is 30.4 Å². The van der Waals surface area contributed by atoms with Crippen LogP contribution in [0, 0.1) is 0 Å². The van der Waals surface area contributed by atoms with Gasteiger partial charge in [-0.2, -0.15) is 0 Å². The van der Waals surface area contributed by atoms with Crippen LogP contribution in [0.2, 0.25) is 0 Å². The minimum atomic E-state index is 0.340. The van der Waals surface area contributed by atoms with E-state index in [0.29, 0.717) is 5.78 Å². The Morgan fingerprint density at radius 1 is 0.889 bits per heavy atom. The second-order valence-electron chi connectivity index (χ2n) is 4.80. The van der Waals surface area contributed by atoms with Crippen molar-refractivity contribution in [3.05, 3.63) is 53.6 Å². The Kier molecular flexibility index (Phi) is 4.95. The summed E-state index contributed by atoms with van der Waals surface area (Å²) in [5.74, 6) is 0.340. The molecule has 0 aliphatic heterocycles. The van der Waals surface area contributed by atoms with Crippen LogP contribution in [-0.4, -0.2) is 5.78 Å². The number of rotatable bonds is 2. The molecule has 0 radical (unpaired) electrons. The van der Waals surface area contributed by atoms with E-state index in [1.165, 1.54) is 18.4 Å². The zero-order chi connectivity index (χ0) is 12.6. The Bertz CT molecular complexity index is 440.